The van der Waals surface area contributed by atoms with E-state index in [1.807, 2.05) is 6.26 Å². The number of anilines is 1. The number of nitrogens with one attached hydrogen (secondary N) is 1. The number of thioether (sulfide) groups is 1. The Balaban J connectivity index is 2.78. The van der Waals surface area contributed by atoms with Crippen LogP contribution in [0.4, 0.5) is 18.9 Å². The second-order valence-electron chi connectivity index (χ2n) is 4.65. The number of ether oxygens (including phenoxy) is 2. The second-order valence-corrected chi connectivity index (χ2v) is 5.63. The molecule has 0 unspecified atom stereocenters. The van der Waals surface area contributed by atoms with Crippen molar-refractivity contribution in [2.45, 2.75) is 18.6 Å². The number of rotatable bonds is 8. The molecule has 0 radical (unpaired) electrons. The molecule has 0 heterocycles. The number of amides is 1. The monoisotopic (exact) mass is 352 g/mol. The Morgan fingerprint density at radius 3 is 2.65 bits per heavy atom. The van der Waals surface area contributed by atoms with E-state index in [2.05, 4.69) is 5.32 Å². The zero-order chi connectivity index (χ0) is 17.5. The fourth-order valence-electron chi connectivity index (χ4n) is 1.64. The second kappa shape index (κ2) is 8.88. The number of carbonyl (C=O) groups is 1. The summed E-state index contributed by atoms with van der Waals surface area (Å²) in [5.41, 5.74) is 6.02. The molecule has 0 aliphatic rings. The zero-order valence-corrected chi connectivity index (χ0v) is 13.6. The van der Waals surface area contributed by atoms with Crippen molar-refractivity contribution >= 4 is 23.4 Å². The third-order valence-electron chi connectivity index (χ3n) is 2.79. The van der Waals surface area contributed by atoms with E-state index >= 15 is 0 Å². The molecule has 0 saturated carbocycles. The van der Waals surface area contributed by atoms with Gasteiger partial charge in [0, 0.05) is 11.8 Å². The maximum absolute atomic E-state index is 12.3. The van der Waals surface area contributed by atoms with Crippen LogP contribution in [-0.4, -0.2) is 43.9 Å². The summed E-state index contributed by atoms with van der Waals surface area (Å²) < 4.78 is 46.4. The lowest BCUT2D eigenvalue weighted by molar-refractivity contribution is -0.153. The average Bonchev–Trinajstić information content (AvgIpc) is 2.49. The quantitative estimate of drug-likeness (QED) is 0.752. The molecule has 1 aromatic rings. The number of alkyl halides is 3. The smallest absolute Gasteiger partial charge is 0.422 e. The Labute approximate surface area is 136 Å². The highest BCUT2D eigenvalue weighted by atomic mass is 32.2. The van der Waals surface area contributed by atoms with E-state index in [-0.39, 0.29) is 17.2 Å². The molecule has 0 bridgehead atoms. The van der Waals surface area contributed by atoms with Crippen LogP contribution >= 0.6 is 11.8 Å². The van der Waals surface area contributed by atoms with Gasteiger partial charge in [-0.25, -0.2) is 0 Å². The van der Waals surface area contributed by atoms with Crippen LogP contribution in [0.5, 0.6) is 11.5 Å². The molecule has 1 aromatic carbocycles. The maximum Gasteiger partial charge on any atom is 0.422 e. The molecule has 0 aromatic heterocycles. The molecule has 0 saturated heterocycles. The van der Waals surface area contributed by atoms with E-state index in [0.29, 0.717) is 6.42 Å². The van der Waals surface area contributed by atoms with E-state index < -0.39 is 24.7 Å². The van der Waals surface area contributed by atoms with Gasteiger partial charge in [0.15, 0.2) is 18.1 Å². The highest BCUT2D eigenvalue weighted by Gasteiger charge is 2.29. The van der Waals surface area contributed by atoms with Gasteiger partial charge in [-0.05, 0) is 30.6 Å². The van der Waals surface area contributed by atoms with Crippen molar-refractivity contribution in [2.24, 2.45) is 5.73 Å². The number of halogens is 3. The van der Waals surface area contributed by atoms with Gasteiger partial charge >= 0.3 is 6.18 Å². The molecule has 3 N–H and O–H groups in total. The Morgan fingerprint density at radius 2 is 2.09 bits per heavy atom. The third kappa shape index (κ3) is 7.00. The summed E-state index contributed by atoms with van der Waals surface area (Å²) in [6, 6.07) is 3.49. The molecule has 130 valence electrons. The van der Waals surface area contributed by atoms with Gasteiger partial charge in [-0.3, -0.25) is 4.79 Å². The van der Waals surface area contributed by atoms with Crippen molar-refractivity contribution in [1.29, 1.82) is 0 Å². The van der Waals surface area contributed by atoms with Gasteiger partial charge in [0.2, 0.25) is 5.91 Å². The van der Waals surface area contributed by atoms with Crippen molar-refractivity contribution in [3.05, 3.63) is 18.2 Å². The van der Waals surface area contributed by atoms with Crippen molar-refractivity contribution in [3.63, 3.8) is 0 Å². The number of hydrogen-bond donors (Lipinski definition) is 2. The van der Waals surface area contributed by atoms with Crippen LogP contribution in [0, 0.1) is 0 Å². The first kappa shape index (κ1) is 19.4. The van der Waals surface area contributed by atoms with Crippen LogP contribution in [0.2, 0.25) is 0 Å². The summed E-state index contributed by atoms with van der Waals surface area (Å²) in [6.07, 6.45) is -2.07. The molecule has 1 amide bonds. The number of carbonyl (C=O) groups excluding carboxylic acids is 1. The van der Waals surface area contributed by atoms with Gasteiger partial charge in [0.05, 0.1) is 13.2 Å². The third-order valence-corrected chi connectivity index (χ3v) is 3.44. The highest BCUT2D eigenvalue weighted by molar-refractivity contribution is 7.98. The predicted octanol–water partition coefficient (Wildman–Crippen LogP) is 2.66. The van der Waals surface area contributed by atoms with Crippen molar-refractivity contribution in [2.75, 3.05) is 31.0 Å². The lowest BCUT2D eigenvalue weighted by Crippen LogP contribution is -2.36. The van der Waals surface area contributed by atoms with Gasteiger partial charge in [0.1, 0.15) is 0 Å². The average molecular weight is 352 g/mol. The summed E-state index contributed by atoms with van der Waals surface area (Å²) in [4.78, 5) is 11.9. The molecular weight excluding hydrogens is 333 g/mol. The lowest BCUT2D eigenvalue weighted by atomic mass is 10.2. The van der Waals surface area contributed by atoms with E-state index in [9.17, 15) is 18.0 Å². The van der Waals surface area contributed by atoms with Crippen LogP contribution in [0.25, 0.3) is 0 Å². The zero-order valence-electron chi connectivity index (χ0n) is 12.8. The fraction of sp³-hybridized carbons (Fsp3) is 0.500. The Morgan fingerprint density at radius 1 is 1.39 bits per heavy atom. The van der Waals surface area contributed by atoms with Crippen LogP contribution in [0.1, 0.15) is 6.42 Å². The van der Waals surface area contributed by atoms with E-state index in [0.717, 1.165) is 5.75 Å². The molecule has 0 spiro atoms. The maximum atomic E-state index is 12.3. The van der Waals surface area contributed by atoms with Gasteiger partial charge in [-0.15, -0.1) is 0 Å². The Hall–Kier alpha value is -1.61. The van der Waals surface area contributed by atoms with Gasteiger partial charge in [-0.2, -0.15) is 24.9 Å². The van der Waals surface area contributed by atoms with Crippen molar-refractivity contribution < 1.29 is 27.4 Å². The molecule has 1 atom stereocenters. The molecule has 0 aliphatic carbocycles. The Bertz CT molecular complexity index is 526. The normalized spacial score (nSPS) is 12.6. The van der Waals surface area contributed by atoms with E-state index in [1.54, 1.807) is 11.8 Å². The lowest BCUT2D eigenvalue weighted by Gasteiger charge is -2.15. The largest absolute Gasteiger partial charge is 0.493 e. The number of hydrogen-bond acceptors (Lipinski definition) is 5. The molecule has 0 fully saturated rings. The summed E-state index contributed by atoms with van der Waals surface area (Å²) in [5.74, 6) is 0.349. The summed E-state index contributed by atoms with van der Waals surface area (Å²) in [5, 5.41) is 2.55. The SMILES string of the molecule is COc1ccc(NC(=O)[C@@H](N)CCSC)cc1OCC(F)(F)F. The van der Waals surface area contributed by atoms with Gasteiger partial charge < -0.3 is 20.5 Å². The number of nitrogens with two attached hydrogens (primary N) is 1. The molecule has 5 nitrogen and oxygen atoms in total. The molecule has 9 heteroatoms. The Kier molecular flexibility index (Phi) is 7.50. The summed E-state index contributed by atoms with van der Waals surface area (Å²) in [7, 11) is 1.31. The van der Waals surface area contributed by atoms with Crippen LogP contribution in [0.3, 0.4) is 0 Å². The van der Waals surface area contributed by atoms with Crippen LogP contribution in [0.15, 0.2) is 18.2 Å². The number of methoxy groups -OCH3 is 1. The first-order valence-electron chi connectivity index (χ1n) is 6.70. The molecule has 0 aliphatic heterocycles. The van der Waals surface area contributed by atoms with Crippen molar-refractivity contribution in [3.8, 4) is 11.5 Å². The van der Waals surface area contributed by atoms with Crippen LogP contribution < -0.4 is 20.5 Å². The van der Waals surface area contributed by atoms with Crippen molar-refractivity contribution in [1.82, 2.24) is 0 Å². The van der Waals surface area contributed by atoms with E-state index in [4.69, 9.17) is 15.2 Å². The summed E-state index contributed by atoms with van der Waals surface area (Å²) in [6.45, 7) is -1.45. The fourth-order valence-corrected chi connectivity index (χ4v) is 2.13. The predicted molar refractivity (Wildman–Crippen MR) is 84.1 cm³/mol. The van der Waals surface area contributed by atoms with Crippen LogP contribution in [-0.2, 0) is 4.79 Å². The summed E-state index contributed by atoms with van der Waals surface area (Å²) >= 11 is 1.57. The van der Waals surface area contributed by atoms with E-state index in [1.165, 1.54) is 25.3 Å². The number of benzene rings is 1. The molecule has 23 heavy (non-hydrogen) atoms. The van der Waals surface area contributed by atoms with Gasteiger partial charge in [-0.1, -0.05) is 0 Å². The molecular formula is C14H19F3N2O3S. The minimum Gasteiger partial charge on any atom is -0.493 e. The minimum atomic E-state index is -4.47. The topological polar surface area (TPSA) is 73.6 Å². The highest BCUT2D eigenvalue weighted by Crippen LogP contribution is 2.31. The first-order valence-corrected chi connectivity index (χ1v) is 8.09. The standard InChI is InChI=1S/C14H19F3N2O3S/c1-21-11-4-3-9(7-12(11)22-8-14(15,16)17)19-13(20)10(18)5-6-23-2/h3-4,7,10H,5-6,8,18H2,1-2H3,(H,19,20)/t10-/m0/s1. The first-order chi connectivity index (χ1) is 10.8. The minimum absolute atomic E-state index is 0.111. The molecule has 1 rings (SSSR count). The van der Waals surface area contributed by atoms with Gasteiger partial charge in [0.25, 0.3) is 0 Å².